The van der Waals surface area contributed by atoms with Crippen LogP contribution >= 0.6 is 0 Å². The molecule has 0 unspecified atom stereocenters. The van der Waals surface area contributed by atoms with E-state index in [2.05, 4.69) is 10.6 Å². The smallest absolute Gasteiger partial charge is 0.271 e. The van der Waals surface area contributed by atoms with E-state index in [0.717, 1.165) is 0 Å². The summed E-state index contributed by atoms with van der Waals surface area (Å²) in [6, 6.07) is 12.7. The maximum atomic E-state index is 12.2. The van der Waals surface area contributed by atoms with Gasteiger partial charge in [0.1, 0.15) is 5.75 Å². The molecule has 2 aromatic carbocycles. The lowest BCUT2D eigenvalue weighted by molar-refractivity contribution is -0.384. The molecule has 0 saturated carbocycles. The molecule has 0 radical (unpaired) electrons. The number of anilines is 1. The highest BCUT2D eigenvalue weighted by Gasteiger charge is 2.12. The lowest BCUT2D eigenvalue weighted by Gasteiger charge is -2.10. The van der Waals surface area contributed by atoms with Crippen LogP contribution in [0.5, 0.6) is 5.75 Å². The number of nitrogens with zero attached hydrogens (tertiary/aromatic N) is 1. The highest BCUT2D eigenvalue weighted by molar-refractivity contribution is 5.97. The number of carbonyl (C=O) groups excluding carboxylic acids is 2. The van der Waals surface area contributed by atoms with Gasteiger partial charge in [-0.2, -0.15) is 0 Å². The summed E-state index contributed by atoms with van der Waals surface area (Å²) in [5.41, 5.74) is 0.720. The Hall–Kier alpha value is -3.42. The Labute approximate surface area is 156 Å². The fraction of sp³-hybridized carbons (Fsp3) is 0.263. The van der Waals surface area contributed by atoms with Crippen LogP contribution in [-0.2, 0) is 4.79 Å². The first kappa shape index (κ1) is 19.9. The molecular weight excluding hydrogens is 350 g/mol. The van der Waals surface area contributed by atoms with E-state index in [1.165, 1.54) is 18.2 Å². The SMILES string of the molecule is CCOc1ccccc1C(=O)NCCCC(=O)Nc1cccc([N+](=O)[O-])c1. The van der Waals surface area contributed by atoms with Gasteiger partial charge in [-0.1, -0.05) is 18.2 Å². The van der Waals surface area contributed by atoms with Crippen LogP contribution < -0.4 is 15.4 Å². The molecule has 27 heavy (non-hydrogen) atoms. The first-order chi connectivity index (χ1) is 13.0. The Kier molecular flexibility index (Phi) is 7.30. The van der Waals surface area contributed by atoms with Crippen molar-refractivity contribution in [3.8, 4) is 5.75 Å². The minimum absolute atomic E-state index is 0.0898. The summed E-state index contributed by atoms with van der Waals surface area (Å²) in [4.78, 5) is 34.4. The molecule has 2 amide bonds. The van der Waals surface area contributed by atoms with Crippen molar-refractivity contribution in [2.24, 2.45) is 0 Å². The molecule has 8 heteroatoms. The van der Waals surface area contributed by atoms with Crippen LogP contribution in [0, 0.1) is 10.1 Å². The number of rotatable bonds is 9. The van der Waals surface area contributed by atoms with Crippen LogP contribution in [0.25, 0.3) is 0 Å². The average Bonchev–Trinajstić information content (AvgIpc) is 2.66. The number of nitro benzene ring substituents is 1. The summed E-state index contributed by atoms with van der Waals surface area (Å²) in [6.07, 6.45) is 0.610. The van der Waals surface area contributed by atoms with Gasteiger partial charge in [0.2, 0.25) is 5.91 Å². The highest BCUT2D eigenvalue weighted by atomic mass is 16.6. The molecule has 0 aliphatic heterocycles. The third-order valence-electron chi connectivity index (χ3n) is 3.64. The topological polar surface area (TPSA) is 111 Å². The van der Waals surface area contributed by atoms with Crippen LogP contribution in [0.4, 0.5) is 11.4 Å². The van der Waals surface area contributed by atoms with Gasteiger partial charge in [-0.05, 0) is 31.5 Å². The van der Waals surface area contributed by atoms with Crippen LogP contribution in [0.1, 0.15) is 30.1 Å². The normalized spacial score (nSPS) is 10.1. The molecule has 0 aliphatic rings. The number of hydrogen-bond donors (Lipinski definition) is 2. The number of benzene rings is 2. The largest absolute Gasteiger partial charge is 0.493 e. The van der Waals surface area contributed by atoms with Gasteiger partial charge in [-0.3, -0.25) is 19.7 Å². The zero-order valence-electron chi connectivity index (χ0n) is 14.9. The van der Waals surface area contributed by atoms with Crippen molar-refractivity contribution < 1.29 is 19.2 Å². The molecular formula is C19H21N3O5. The predicted molar refractivity (Wildman–Crippen MR) is 101 cm³/mol. The van der Waals surface area contributed by atoms with Crippen LogP contribution in [-0.4, -0.2) is 29.9 Å². The molecule has 0 bridgehead atoms. The first-order valence-corrected chi connectivity index (χ1v) is 8.55. The lowest BCUT2D eigenvalue weighted by atomic mass is 10.2. The van der Waals surface area contributed by atoms with Crippen LogP contribution in [0.3, 0.4) is 0 Å². The van der Waals surface area contributed by atoms with E-state index in [0.29, 0.717) is 36.6 Å². The van der Waals surface area contributed by atoms with E-state index in [4.69, 9.17) is 4.74 Å². The molecule has 0 saturated heterocycles. The van der Waals surface area contributed by atoms with E-state index in [1.807, 2.05) is 6.92 Å². The molecule has 0 heterocycles. The second-order valence-electron chi connectivity index (χ2n) is 5.64. The fourth-order valence-corrected chi connectivity index (χ4v) is 2.40. The van der Waals surface area contributed by atoms with Gasteiger partial charge in [-0.15, -0.1) is 0 Å². The van der Waals surface area contributed by atoms with Gasteiger partial charge in [-0.25, -0.2) is 0 Å². The number of para-hydroxylation sites is 1. The Bertz CT molecular complexity index is 822. The standard InChI is InChI=1S/C19H21N3O5/c1-2-27-17-10-4-3-9-16(17)19(24)20-12-6-11-18(23)21-14-7-5-8-15(13-14)22(25)26/h3-5,7-10,13H,2,6,11-12H2,1H3,(H,20,24)(H,21,23). The summed E-state index contributed by atoms with van der Waals surface area (Å²) in [5.74, 6) is -0.0291. The Morgan fingerprint density at radius 2 is 1.93 bits per heavy atom. The third-order valence-corrected chi connectivity index (χ3v) is 3.64. The van der Waals surface area contributed by atoms with Crippen molar-refractivity contribution in [3.63, 3.8) is 0 Å². The average molecular weight is 371 g/mol. The molecule has 142 valence electrons. The second kappa shape index (κ2) is 9.91. The molecule has 2 rings (SSSR count). The van der Waals surface area contributed by atoms with Crippen molar-refractivity contribution in [2.45, 2.75) is 19.8 Å². The number of amides is 2. The number of non-ortho nitro benzene ring substituents is 1. The highest BCUT2D eigenvalue weighted by Crippen LogP contribution is 2.18. The minimum Gasteiger partial charge on any atom is -0.493 e. The molecule has 2 N–H and O–H groups in total. The second-order valence-corrected chi connectivity index (χ2v) is 5.64. The maximum Gasteiger partial charge on any atom is 0.271 e. The van der Waals surface area contributed by atoms with Crippen molar-refractivity contribution in [3.05, 3.63) is 64.2 Å². The summed E-state index contributed by atoms with van der Waals surface area (Å²) < 4.78 is 5.42. The van der Waals surface area contributed by atoms with Gasteiger partial charge in [0.15, 0.2) is 0 Å². The number of hydrogen-bond acceptors (Lipinski definition) is 5. The summed E-state index contributed by atoms with van der Waals surface area (Å²) in [6.45, 7) is 2.62. The van der Waals surface area contributed by atoms with E-state index >= 15 is 0 Å². The molecule has 0 aliphatic carbocycles. The molecule has 2 aromatic rings. The van der Waals surface area contributed by atoms with Crippen molar-refractivity contribution in [2.75, 3.05) is 18.5 Å². The maximum absolute atomic E-state index is 12.2. The monoisotopic (exact) mass is 371 g/mol. The zero-order chi connectivity index (χ0) is 19.6. The Morgan fingerprint density at radius 3 is 2.67 bits per heavy atom. The van der Waals surface area contributed by atoms with Gasteiger partial charge in [0, 0.05) is 30.8 Å². The quantitative estimate of drug-likeness (QED) is 0.400. The Balaban J connectivity index is 1.78. The summed E-state index contributed by atoms with van der Waals surface area (Å²) in [7, 11) is 0. The first-order valence-electron chi connectivity index (χ1n) is 8.55. The van der Waals surface area contributed by atoms with Gasteiger partial charge < -0.3 is 15.4 Å². The van der Waals surface area contributed by atoms with E-state index in [9.17, 15) is 19.7 Å². The molecule has 0 aromatic heterocycles. The molecule has 8 nitrogen and oxygen atoms in total. The van der Waals surface area contributed by atoms with E-state index in [-0.39, 0.29) is 23.9 Å². The summed E-state index contributed by atoms with van der Waals surface area (Å²) in [5, 5.41) is 16.1. The number of nitro groups is 1. The van der Waals surface area contributed by atoms with Gasteiger partial charge in [0.05, 0.1) is 17.1 Å². The van der Waals surface area contributed by atoms with Gasteiger partial charge >= 0.3 is 0 Å². The molecule has 0 fully saturated rings. The summed E-state index contributed by atoms with van der Waals surface area (Å²) >= 11 is 0. The van der Waals surface area contributed by atoms with Gasteiger partial charge in [0.25, 0.3) is 11.6 Å². The van der Waals surface area contributed by atoms with Crippen molar-refractivity contribution in [1.29, 1.82) is 0 Å². The molecule has 0 spiro atoms. The van der Waals surface area contributed by atoms with E-state index in [1.54, 1.807) is 30.3 Å². The molecule has 0 atom stereocenters. The third kappa shape index (κ3) is 6.10. The zero-order valence-corrected chi connectivity index (χ0v) is 14.9. The van der Waals surface area contributed by atoms with E-state index < -0.39 is 4.92 Å². The number of carbonyl (C=O) groups is 2. The number of ether oxygens (including phenoxy) is 1. The fourth-order valence-electron chi connectivity index (χ4n) is 2.40. The predicted octanol–water partition coefficient (Wildman–Crippen LogP) is 3.14. The minimum atomic E-state index is -0.523. The van der Waals surface area contributed by atoms with Crippen LogP contribution in [0.2, 0.25) is 0 Å². The number of nitrogens with one attached hydrogen (secondary N) is 2. The Morgan fingerprint density at radius 1 is 1.15 bits per heavy atom. The van der Waals surface area contributed by atoms with Crippen LogP contribution in [0.15, 0.2) is 48.5 Å². The van der Waals surface area contributed by atoms with Crippen molar-refractivity contribution in [1.82, 2.24) is 5.32 Å². The van der Waals surface area contributed by atoms with Crippen molar-refractivity contribution >= 4 is 23.2 Å². The lowest BCUT2D eigenvalue weighted by Crippen LogP contribution is -2.26.